The van der Waals surface area contributed by atoms with Crippen molar-refractivity contribution in [2.75, 3.05) is 26.8 Å². The Kier molecular flexibility index (Phi) is 8.56. The van der Waals surface area contributed by atoms with Crippen LogP contribution in [-0.4, -0.2) is 62.7 Å². The summed E-state index contributed by atoms with van der Waals surface area (Å²) in [4.78, 5) is 37.4. The van der Waals surface area contributed by atoms with Crippen LogP contribution in [0.25, 0.3) is 0 Å². The minimum Gasteiger partial charge on any atom is -0.371 e. The first-order chi connectivity index (χ1) is 13.5. The van der Waals surface area contributed by atoms with Crippen molar-refractivity contribution < 1.29 is 23.9 Å². The Balaban J connectivity index is 1.98. The number of benzene rings is 1. The van der Waals surface area contributed by atoms with Gasteiger partial charge in [-0.25, -0.2) is 0 Å². The van der Waals surface area contributed by atoms with Crippen LogP contribution in [0, 0.1) is 5.92 Å². The highest BCUT2D eigenvalue weighted by molar-refractivity contribution is 5.94. The summed E-state index contributed by atoms with van der Waals surface area (Å²) in [6.45, 7) is 2.69. The van der Waals surface area contributed by atoms with Gasteiger partial charge in [-0.2, -0.15) is 0 Å². The van der Waals surface area contributed by atoms with E-state index in [2.05, 4.69) is 10.6 Å². The number of epoxide rings is 1. The minimum atomic E-state index is -1.01. The molecule has 0 bridgehead atoms. The van der Waals surface area contributed by atoms with E-state index in [1.165, 1.54) is 7.11 Å². The van der Waals surface area contributed by atoms with E-state index in [0.29, 0.717) is 19.6 Å². The van der Waals surface area contributed by atoms with Crippen molar-refractivity contribution in [3.63, 3.8) is 0 Å². The van der Waals surface area contributed by atoms with Gasteiger partial charge in [0.1, 0.15) is 12.2 Å². The van der Waals surface area contributed by atoms with Crippen molar-refractivity contribution in [1.82, 2.24) is 10.6 Å². The number of methoxy groups -OCH3 is 1. The van der Waals surface area contributed by atoms with Crippen molar-refractivity contribution in [3.05, 3.63) is 35.9 Å². The van der Waals surface area contributed by atoms with Gasteiger partial charge in [-0.05, 0) is 18.4 Å². The van der Waals surface area contributed by atoms with Crippen molar-refractivity contribution >= 4 is 17.6 Å². The molecule has 1 saturated heterocycles. The van der Waals surface area contributed by atoms with Gasteiger partial charge in [-0.15, -0.1) is 0 Å². The molecule has 1 aliphatic rings. The van der Waals surface area contributed by atoms with E-state index < -0.39 is 24.2 Å². The molecule has 0 radical (unpaired) electrons. The molecule has 0 saturated carbocycles. The number of amides is 2. The predicted octanol–water partition coefficient (Wildman–Crippen LogP) is -0.202. The van der Waals surface area contributed by atoms with Gasteiger partial charge in [0.05, 0.1) is 18.6 Å². The van der Waals surface area contributed by atoms with E-state index in [9.17, 15) is 14.4 Å². The molecule has 1 aromatic rings. The summed E-state index contributed by atoms with van der Waals surface area (Å²) >= 11 is 0. The van der Waals surface area contributed by atoms with Crippen molar-refractivity contribution in [2.45, 2.75) is 38.0 Å². The third kappa shape index (κ3) is 6.40. The fourth-order valence-electron chi connectivity index (χ4n) is 2.91. The zero-order valence-electron chi connectivity index (χ0n) is 16.4. The van der Waals surface area contributed by atoms with E-state index in [4.69, 9.17) is 15.2 Å². The van der Waals surface area contributed by atoms with E-state index in [0.717, 1.165) is 12.0 Å². The van der Waals surface area contributed by atoms with Crippen LogP contribution in [0.1, 0.15) is 18.9 Å². The number of carbonyl (C=O) groups is 3. The summed E-state index contributed by atoms with van der Waals surface area (Å²) in [5, 5.41) is 5.42. The molecule has 2 rings (SSSR count). The highest BCUT2D eigenvalue weighted by Gasteiger charge is 2.42. The minimum absolute atomic E-state index is 0.0436. The molecule has 1 aliphatic heterocycles. The lowest BCUT2D eigenvalue weighted by Crippen LogP contribution is -2.51. The highest BCUT2D eigenvalue weighted by atomic mass is 16.6. The first-order valence-electron chi connectivity index (χ1n) is 9.51. The summed E-state index contributed by atoms with van der Waals surface area (Å²) in [5.41, 5.74) is 6.93. The topological polar surface area (TPSA) is 123 Å². The number of ketones is 1. The summed E-state index contributed by atoms with van der Waals surface area (Å²) in [5.74, 6) is -1.87. The van der Waals surface area contributed by atoms with Crippen molar-refractivity contribution in [2.24, 2.45) is 11.7 Å². The van der Waals surface area contributed by atoms with Crippen LogP contribution in [0.5, 0.6) is 0 Å². The second kappa shape index (κ2) is 10.9. The van der Waals surface area contributed by atoms with Gasteiger partial charge in [-0.1, -0.05) is 37.3 Å². The van der Waals surface area contributed by atoms with Crippen LogP contribution >= 0.6 is 0 Å². The van der Waals surface area contributed by atoms with Crippen LogP contribution in [0.15, 0.2) is 30.3 Å². The Labute approximate surface area is 165 Å². The summed E-state index contributed by atoms with van der Waals surface area (Å²) in [6, 6.07) is 8.67. The molecular weight excluding hydrogens is 362 g/mol. The van der Waals surface area contributed by atoms with Gasteiger partial charge in [0, 0.05) is 20.2 Å². The van der Waals surface area contributed by atoms with Gasteiger partial charge in [0.15, 0.2) is 5.78 Å². The molecule has 4 atom stereocenters. The number of ether oxygens (including phenoxy) is 2. The molecule has 0 spiro atoms. The molecule has 1 aromatic carbocycles. The average Bonchev–Trinajstić information content (AvgIpc) is 3.54. The van der Waals surface area contributed by atoms with E-state index in [1.54, 1.807) is 0 Å². The Hall–Kier alpha value is -2.29. The lowest BCUT2D eigenvalue weighted by atomic mass is 9.94. The third-order valence-corrected chi connectivity index (χ3v) is 4.57. The number of hydrogen-bond acceptors (Lipinski definition) is 6. The first-order valence-corrected chi connectivity index (χ1v) is 9.51. The zero-order chi connectivity index (χ0) is 20.5. The van der Waals surface area contributed by atoms with Gasteiger partial charge < -0.3 is 25.8 Å². The maximum Gasteiger partial charge on any atom is 0.249 e. The number of nitrogens with two attached hydrogens (primary N) is 1. The molecule has 1 fully saturated rings. The number of carbonyl (C=O) groups excluding carboxylic acids is 3. The second-order valence-electron chi connectivity index (χ2n) is 6.82. The molecule has 8 nitrogen and oxygen atoms in total. The van der Waals surface area contributed by atoms with Gasteiger partial charge in [0.25, 0.3) is 0 Å². The van der Waals surface area contributed by atoms with Gasteiger partial charge >= 0.3 is 0 Å². The maximum absolute atomic E-state index is 12.6. The molecule has 154 valence electrons. The molecule has 1 heterocycles. The first kappa shape index (κ1) is 22.0. The Morgan fingerprint density at radius 3 is 2.46 bits per heavy atom. The molecule has 4 N–H and O–H groups in total. The fraction of sp³-hybridized carbons (Fsp3) is 0.550. The number of hydrogen-bond donors (Lipinski definition) is 3. The number of Topliss-reactive ketones (excluding diaryl/α,β-unsaturated/α-hetero) is 1. The van der Waals surface area contributed by atoms with Crippen LogP contribution in [-0.2, 0) is 30.3 Å². The SMILES string of the molecule is CCCNC(=O)[C@@H](OC)[C@H](CNC(=O)[C@@H](N)Cc1ccccc1)C(=O)C1CO1. The van der Waals surface area contributed by atoms with E-state index in [1.807, 2.05) is 37.3 Å². The van der Waals surface area contributed by atoms with Crippen LogP contribution in [0.3, 0.4) is 0 Å². The van der Waals surface area contributed by atoms with Gasteiger partial charge in [-0.3, -0.25) is 14.4 Å². The smallest absolute Gasteiger partial charge is 0.249 e. The number of rotatable bonds is 12. The van der Waals surface area contributed by atoms with E-state index in [-0.39, 0.29) is 24.1 Å². The van der Waals surface area contributed by atoms with Crippen LogP contribution in [0.4, 0.5) is 0 Å². The normalized spacial score (nSPS) is 18.6. The summed E-state index contributed by atoms with van der Waals surface area (Å²) < 4.78 is 10.4. The lowest BCUT2D eigenvalue weighted by Gasteiger charge is -2.24. The maximum atomic E-state index is 12.6. The Morgan fingerprint density at radius 1 is 1.21 bits per heavy atom. The molecule has 2 amide bonds. The monoisotopic (exact) mass is 391 g/mol. The molecule has 1 unspecified atom stereocenters. The highest BCUT2D eigenvalue weighted by Crippen LogP contribution is 2.20. The molecule has 0 aliphatic carbocycles. The average molecular weight is 391 g/mol. The van der Waals surface area contributed by atoms with Crippen molar-refractivity contribution in [1.29, 1.82) is 0 Å². The number of nitrogens with one attached hydrogen (secondary N) is 2. The predicted molar refractivity (Wildman–Crippen MR) is 103 cm³/mol. The third-order valence-electron chi connectivity index (χ3n) is 4.57. The standard InChI is InChI=1S/C20H29N3O5/c1-3-9-22-20(26)18(27-2)14(17(24)16-12-28-16)11-23-19(25)15(21)10-13-7-5-4-6-8-13/h4-8,14-16,18H,3,9-12,21H2,1-2H3,(H,22,26)(H,23,25)/t14-,15+,16?,18+/m1/s1. The molecule has 0 aromatic heterocycles. The second-order valence-corrected chi connectivity index (χ2v) is 6.82. The fourth-order valence-corrected chi connectivity index (χ4v) is 2.91. The van der Waals surface area contributed by atoms with Gasteiger partial charge in [0.2, 0.25) is 11.8 Å². The zero-order valence-corrected chi connectivity index (χ0v) is 16.4. The quantitative estimate of drug-likeness (QED) is 0.424. The van der Waals surface area contributed by atoms with E-state index >= 15 is 0 Å². The largest absolute Gasteiger partial charge is 0.371 e. The van der Waals surface area contributed by atoms with Crippen LogP contribution in [0.2, 0.25) is 0 Å². The Bertz CT molecular complexity index is 663. The molecular formula is C20H29N3O5. The van der Waals surface area contributed by atoms with Crippen LogP contribution < -0.4 is 16.4 Å². The summed E-state index contributed by atoms with van der Waals surface area (Å²) in [6.07, 6.45) is -0.412. The van der Waals surface area contributed by atoms with Crippen molar-refractivity contribution in [3.8, 4) is 0 Å². The molecule has 8 heteroatoms. The molecule has 28 heavy (non-hydrogen) atoms. The Morgan fingerprint density at radius 2 is 1.89 bits per heavy atom. The summed E-state index contributed by atoms with van der Waals surface area (Å²) in [7, 11) is 1.37. The lowest BCUT2D eigenvalue weighted by molar-refractivity contribution is -0.142.